The first-order chi connectivity index (χ1) is 6.52. The van der Waals surface area contributed by atoms with E-state index in [0.29, 0.717) is 5.69 Å². The number of nitrogens with zero attached hydrogens (tertiary/aromatic N) is 2. The molecule has 0 atom stereocenters. The molecule has 0 amide bonds. The molecule has 0 aromatic rings. The lowest BCUT2D eigenvalue weighted by atomic mass is 10.4. The predicted molar refractivity (Wildman–Crippen MR) is 47.0 cm³/mol. The number of fused-ring (bicyclic) bond motifs is 1. The summed E-state index contributed by atoms with van der Waals surface area (Å²) < 4.78 is 8.74. The number of hydrogen-bond donors (Lipinski definition) is 2. The molecule has 74 valence electrons. The van der Waals surface area contributed by atoms with Crippen LogP contribution in [0.15, 0.2) is 21.9 Å². The van der Waals surface area contributed by atoms with E-state index in [2.05, 4.69) is 9.97 Å². The van der Waals surface area contributed by atoms with Crippen LogP contribution in [0.25, 0.3) is 11.4 Å². The smallest absolute Gasteiger partial charge is 0.320 e. The van der Waals surface area contributed by atoms with Crippen LogP contribution >= 0.6 is 8.25 Å². The highest BCUT2D eigenvalue weighted by molar-refractivity contribution is 7.30. The van der Waals surface area contributed by atoms with E-state index in [1.165, 1.54) is 12.3 Å². The highest BCUT2D eigenvalue weighted by Gasteiger charge is 2.14. The molecule has 2 aliphatic heterocycles. The fraction of sp³-hybridized carbons (Fsp3) is 0. The summed E-state index contributed by atoms with van der Waals surface area (Å²) in [4.78, 5) is 42.7. The Balaban J connectivity index is 0.000000213. The number of rotatable bonds is 0. The van der Waals surface area contributed by atoms with Crippen LogP contribution in [0.4, 0.5) is 0 Å². The molecule has 0 saturated heterocycles. The van der Waals surface area contributed by atoms with Crippen molar-refractivity contribution in [3.8, 4) is 11.4 Å². The Morgan fingerprint density at radius 2 is 1.86 bits per heavy atom. The molecule has 0 aromatic heterocycles. The topological polar surface area (TPSA) is 117 Å². The Bertz CT molecular complexity index is 499. The van der Waals surface area contributed by atoms with Gasteiger partial charge in [-0.15, -0.1) is 0 Å². The lowest BCUT2D eigenvalue weighted by Crippen LogP contribution is -2.19. The molecule has 8 heteroatoms. The second kappa shape index (κ2) is 4.19. The van der Waals surface area contributed by atoms with Gasteiger partial charge in [0, 0.05) is 6.20 Å². The van der Waals surface area contributed by atoms with Crippen molar-refractivity contribution >= 4 is 8.25 Å². The van der Waals surface area contributed by atoms with Gasteiger partial charge in [-0.2, -0.15) is 0 Å². The molecule has 0 radical (unpaired) electrons. The van der Waals surface area contributed by atoms with Gasteiger partial charge in [0.1, 0.15) is 5.69 Å². The third kappa shape index (κ3) is 2.29. The molecular weight excluding hydrogens is 211 g/mol. The van der Waals surface area contributed by atoms with Gasteiger partial charge in [0.2, 0.25) is 0 Å². The molecule has 2 rings (SSSR count). The van der Waals surface area contributed by atoms with Crippen LogP contribution in [-0.2, 0) is 4.57 Å². The van der Waals surface area contributed by atoms with E-state index in [4.69, 9.17) is 14.4 Å². The van der Waals surface area contributed by atoms with Gasteiger partial charge in [-0.1, -0.05) is 0 Å². The lowest BCUT2D eigenvalue weighted by molar-refractivity contribution is 0.405. The third-order valence-corrected chi connectivity index (χ3v) is 1.31. The molecule has 2 aliphatic rings. The van der Waals surface area contributed by atoms with E-state index in [1.54, 1.807) is 0 Å². The van der Waals surface area contributed by atoms with Gasteiger partial charge in [0.25, 0.3) is 5.43 Å². The minimum atomic E-state index is -3.13. The molecule has 0 fully saturated rings. The highest BCUT2D eigenvalue weighted by Crippen LogP contribution is 2.08. The van der Waals surface area contributed by atoms with E-state index < -0.39 is 19.2 Å². The minimum absolute atomic E-state index is 0.185. The summed E-state index contributed by atoms with van der Waals surface area (Å²) in [6.45, 7) is 0. The third-order valence-electron chi connectivity index (χ3n) is 1.31. The maximum absolute atomic E-state index is 10.8. The zero-order valence-electron chi connectivity index (χ0n) is 6.67. The summed E-state index contributed by atoms with van der Waals surface area (Å²) in [7, 11) is -3.13. The molecule has 0 spiro atoms. The van der Waals surface area contributed by atoms with Crippen LogP contribution in [0, 0.1) is 0 Å². The van der Waals surface area contributed by atoms with Crippen LogP contribution in [0.3, 0.4) is 0 Å². The molecule has 0 aromatic carbocycles. The monoisotopic (exact) mass is 216 g/mol. The van der Waals surface area contributed by atoms with Gasteiger partial charge >= 0.3 is 13.8 Å². The second-order valence-electron chi connectivity index (χ2n) is 2.21. The fourth-order valence-electron chi connectivity index (χ4n) is 0.854. The molecule has 0 aliphatic carbocycles. The molecule has 0 saturated carbocycles. The molecule has 7 nitrogen and oxygen atoms in total. The van der Waals surface area contributed by atoms with E-state index in [-0.39, 0.29) is 5.69 Å². The number of hydrogen-bond acceptors (Lipinski definition) is 5. The van der Waals surface area contributed by atoms with E-state index in [9.17, 15) is 9.59 Å². The summed E-state index contributed by atoms with van der Waals surface area (Å²) in [5, 5.41) is 0. The van der Waals surface area contributed by atoms with Crippen molar-refractivity contribution in [1.29, 1.82) is 0 Å². The zero-order valence-corrected chi connectivity index (χ0v) is 7.67. The SMILES string of the molecule is O=[PH](O)O.O=c1nc2ccnc-2c1=O. The van der Waals surface area contributed by atoms with E-state index in [1.807, 2.05) is 0 Å². The Morgan fingerprint density at radius 3 is 2.36 bits per heavy atom. The van der Waals surface area contributed by atoms with Crippen molar-refractivity contribution in [1.82, 2.24) is 9.97 Å². The predicted octanol–water partition coefficient (Wildman–Crippen LogP) is -1.46. The average Bonchev–Trinajstić information content (AvgIpc) is 2.57. The lowest BCUT2D eigenvalue weighted by Gasteiger charge is -1.72. The molecule has 2 N–H and O–H groups in total. The van der Waals surface area contributed by atoms with Gasteiger partial charge < -0.3 is 9.79 Å². The standard InChI is InChI=1S/C6H2N2O2.H3O3P/c9-5-4-3(1-2-7-4)8-6(5)10;1-4(2)3/h1-2H;4H,(H2,1,2,3). The van der Waals surface area contributed by atoms with Crippen molar-refractivity contribution in [2.75, 3.05) is 0 Å². The van der Waals surface area contributed by atoms with Crippen molar-refractivity contribution in [2.24, 2.45) is 0 Å². The Labute approximate surface area is 77.7 Å². The maximum atomic E-state index is 10.8. The average molecular weight is 216 g/mol. The first kappa shape index (κ1) is 10.6. The Morgan fingerprint density at radius 1 is 1.29 bits per heavy atom. The van der Waals surface area contributed by atoms with Gasteiger partial charge in [0.15, 0.2) is 0 Å². The molecule has 0 unspecified atom stereocenters. The van der Waals surface area contributed by atoms with Crippen molar-refractivity contribution < 1.29 is 14.4 Å². The second-order valence-corrected chi connectivity index (χ2v) is 2.77. The van der Waals surface area contributed by atoms with E-state index >= 15 is 0 Å². The van der Waals surface area contributed by atoms with Gasteiger partial charge in [0.05, 0.1) is 5.69 Å². The summed E-state index contributed by atoms with van der Waals surface area (Å²) in [6.07, 6.45) is 1.46. The highest BCUT2D eigenvalue weighted by atomic mass is 31.1. The summed E-state index contributed by atoms with van der Waals surface area (Å²) in [6, 6.07) is 1.54. The zero-order chi connectivity index (χ0) is 10.7. The van der Waals surface area contributed by atoms with Gasteiger partial charge in [-0.3, -0.25) is 19.1 Å². The summed E-state index contributed by atoms with van der Waals surface area (Å²) in [5.41, 5.74) is -0.724. The van der Waals surface area contributed by atoms with Crippen LogP contribution in [-0.4, -0.2) is 19.8 Å². The van der Waals surface area contributed by atoms with Gasteiger partial charge in [-0.05, 0) is 6.07 Å². The van der Waals surface area contributed by atoms with Crippen LogP contribution < -0.4 is 11.0 Å². The van der Waals surface area contributed by atoms with Crippen molar-refractivity contribution in [3.63, 3.8) is 0 Å². The number of aromatic nitrogens is 2. The first-order valence-corrected chi connectivity index (χ1v) is 4.66. The summed E-state index contributed by atoms with van der Waals surface area (Å²) in [5.74, 6) is 0. The Kier molecular flexibility index (Phi) is 3.19. The quantitative estimate of drug-likeness (QED) is 0.408. The maximum Gasteiger partial charge on any atom is 0.320 e. The van der Waals surface area contributed by atoms with Crippen molar-refractivity contribution in [3.05, 3.63) is 32.8 Å². The normalized spacial score (nSPS) is 10.2. The van der Waals surface area contributed by atoms with Crippen LogP contribution in [0.5, 0.6) is 0 Å². The van der Waals surface area contributed by atoms with E-state index in [0.717, 1.165) is 0 Å². The largest absolute Gasteiger partial charge is 0.326 e. The molecule has 14 heavy (non-hydrogen) atoms. The molecular formula is C6H5N2O5P. The fourth-order valence-corrected chi connectivity index (χ4v) is 0.854. The van der Waals surface area contributed by atoms with Crippen LogP contribution in [0.2, 0.25) is 0 Å². The first-order valence-electron chi connectivity index (χ1n) is 3.36. The van der Waals surface area contributed by atoms with Crippen molar-refractivity contribution in [2.45, 2.75) is 0 Å². The minimum Gasteiger partial charge on any atom is -0.326 e. The summed E-state index contributed by atoms with van der Waals surface area (Å²) >= 11 is 0. The molecule has 0 bridgehead atoms. The van der Waals surface area contributed by atoms with Gasteiger partial charge in [-0.25, -0.2) is 4.98 Å². The Hall–Kier alpha value is -1.43. The van der Waals surface area contributed by atoms with Crippen LogP contribution in [0.1, 0.15) is 0 Å². The molecule has 2 heterocycles.